The molecule has 1 fully saturated rings. The lowest BCUT2D eigenvalue weighted by Crippen LogP contribution is -2.49. The minimum absolute atomic E-state index is 0.114. The summed E-state index contributed by atoms with van der Waals surface area (Å²) in [5.41, 5.74) is 1.35. The smallest absolute Gasteiger partial charge is 0.255 e. The van der Waals surface area contributed by atoms with Gasteiger partial charge in [0.2, 0.25) is 0 Å². The van der Waals surface area contributed by atoms with Gasteiger partial charge in [0.15, 0.2) is 11.5 Å². The van der Waals surface area contributed by atoms with E-state index >= 15 is 0 Å². The van der Waals surface area contributed by atoms with Crippen LogP contribution < -0.4 is 9.47 Å². The fourth-order valence-corrected chi connectivity index (χ4v) is 4.06. The minimum atomic E-state index is -0.660. The molecule has 1 amide bonds. The Hall–Kier alpha value is -2.09. The molecule has 28 heavy (non-hydrogen) atoms. The number of hydrogen-bond acceptors (Lipinski definition) is 5. The Labute approximate surface area is 172 Å². The Morgan fingerprint density at radius 2 is 1.86 bits per heavy atom. The first-order valence-electron chi connectivity index (χ1n) is 9.34. The summed E-state index contributed by atoms with van der Waals surface area (Å²) in [4.78, 5) is 15.1. The van der Waals surface area contributed by atoms with E-state index in [0.717, 1.165) is 5.56 Å². The Kier molecular flexibility index (Phi) is 5.85. The fourth-order valence-electron chi connectivity index (χ4n) is 3.57. The van der Waals surface area contributed by atoms with Crippen LogP contribution >= 0.6 is 15.9 Å². The molecular formula is C21H22BrNO5. The van der Waals surface area contributed by atoms with E-state index in [1.165, 1.54) is 0 Å². The molecule has 0 radical (unpaired) electrons. The Morgan fingerprint density at radius 3 is 2.61 bits per heavy atom. The minimum Gasteiger partial charge on any atom is -0.486 e. The number of carbonyl (C=O) groups excluding carboxylic acids is 1. The Bertz CT molecular complexity index is 844. The maximum Gasteiger partial charge on any atom is 0.255 e. The maximum absolute atomic E-state index is 13.3. The van der Waals surface area contributed by atoms with Gasteiger partial charge in [0.1, 0.15) is 13.2 Å². The molecule has 0 bridgehead atoms. The second-order valence-electron chi connectivity index (χ2n) is 6.87. The van der Waals surface area contributed by atoms with Crippen molar-refractivity contribution in [1.82, 2.24) is 4.90 Å². The van der Waals surface area contributed by atoms with Crippen LogP contribution in [0.15, 0.2) is 46.9 Å². The standard InChI is InChI=1S/C21H22BrNO5/c22-17-12-20-19(27-8-9-28-20)11-16(17)21(25)23-6-7-26-13-15(23)10-18(24)14-4-2-1-3-5-14/h1-5,11-12,15,18,24H,6-10,13H2. The normalized spacial score (nSPS) is 19.9. The molecule has 2 aliphatic heterocycles. The summed E-state index contributed by atoms with van der Waals surface area (Å²) in [6, 6.07) is 12.8. The second kappa shape index (κ2) is 8.51. The molecule has 2 aliphatic rings. The monoisotopic (exact) mass is 447 g/mol. The van der Waals surface area contributed by atoms with Gasteiger partial charge in [-0.3, -0.25) is 4.79 Å². The zero-order chi connectivity index (χ0) is 19.5. The summed E-state index contributed by atoms with van der Waals surface area (Å²) in [6.45, 7) is 2.32. The van der Waals surface area contributed by atoms with Crippen molar-refractivity contribution in [3.63, 3.8) is 0 Å². The van der Waals surface area contributed by atoms with Gasteiger partial charge in [0, 0.05) is 17.4 Å². The molecule has 0 aromatic heterocycles. The van der Waals surface area contributed by atoms with Crippen molar-refractivity contribution in [3.05, 3.63) is 58.1 Å². The third kappa shape index (κ3) is 4.01. The molecule has 1 N–H and O–H groups in total. The molecule has 6 nitrogen and oxygen atoms in total. The van der Waals surface area contributed by atoms with Gasteiger partial charge < -0.3 is 24.2 Å². The number of aliphatic hydroxyl groups excluding tert-OH is 1. The van der Waals surface area contributed by atoms with Gasteiger partial charge >= 0.3 is 0 Å². The molecule has 0 spiro atoms. The number of amides is 1. The highest BCUT2D eigenvalue weighted by molar-refractivity contribution is 9.10. The number of carbonyl (C=O) groups is 1. The lowest BCUT2D eigenvalue weighted by atomic mass is 10.00. The molecule has 2 aromatic rings. The highest BCUT2D eigenvalue weighted by Crippen LogP contribution is 2.36. The van der Waals surface area contributed by atoms with E-state index in [1.807, 2.05) is 30.3 Å². The van der Waals surface area contributed by atoms with Gasteiger partial charge in [0.05, 0.1) is 30.9 Å². The van der Waals surface area contributed by atoms with Crippen molar-refractivity contribution >= 4 is 21.8 Å². The molecule has 1 saturated heterocycles. The lowest BCUT2D eigenvalue weighted by Gasteiger charge is -2.37. The highest BCUT2D eigenvalue weighted by Gasteiger charge is 2.32. The zero-order valence-electron chi connectivity index (χ0n) is 15.3. The van der Waals surface area contributed by atoms with Crippen LogP contribution in [-0.4, -0.2) is 54.9 Å². The van der Waals surface area contributed by atoms with Gasteiger partial charge in [-0.2, -0.15) is 0 Å². The largest absolute Gasteiger partial charge is 0.486 e. The van der Waals surface area contributed by atoms with Crippen LogP contribution in [0, 0.1) is 0 Å². The van der Waals surface area contributed by atoms with E-state index in [9.17, 15) is 9.90 Å². The first-order chi connectivity index (χ1) is 13.6. The molecule has 7 heteroatoms. The van der Waals surface area contributed by atoms with Gasteiger partial charge in [0.25, 0.3) is 5.91 Å². The quantitative estimate of drug-likeness (QED) is 0.779. The van der Waals surface area contributed by atoms with Crippen LogP contribution in [0.3, 0.4) is 0 Å². The van der Waals surface area contributed by atoms with Crippen molar-refractivity contribution < 1.29 is 24.1 Å². The SMILES string of the molecule is O=C(c1cc2c(cc1Br)OCCO2)N1CCOCC1CC(O)c1ccccc1. The van der Waals surface area contributed by atoms with Crippen molar-refractivity contribution in [3.8, 4) is 11.5 Å². The van der Waals surface area contributed by atoms with Crippen LogP contribution in [0.25, 0.3) is 0 Å². The fraction of sp³-hybridized carbons (Fsp3) is 0.381. The number of aliphatic hydroxyl groups is 1. The predicted octanol–water partition coefficient (Wildman–Crippen LogP) is 3.19. The Morgan fingerprint density at radius 1 is 1.14 bits per heavy atom. The number of ether oxygens (including phenoxy) is 3. The summed E-state index contributed by atoms with van der Waals surface area (Å²) in [5, 5.41) is 10.6. The van der Waals surface area contributed by atoms with Crippen LogP contribution in [-0.2, 0) is 4.74 Å². The molecule has 0 aliphatic carbocycles. The van der Waals surface area contributed by atoms with Crippen LogP contribution in [0.5, 0.6) is 11.5 Å². The van der Waals surface area contributed by atoms with Crippen molar-refractivity contribution in [1.29, 1.82) is 0 Å². The first kappa shape index (κ1) is 19.2. The second-order valence-corrected chi connectivity index (χ2v) is 7.72. The average molecular weight is 448 g/mol. The molecule has 2 heterocycles. The third-order valence-electron chi connectivity index (χ3n) is 5.03. The summed E-state index contributed by atoms with van der Waals surface area (Å²) < 4.78 is 17.5. The summed E-state index contributed by atoms with van der Waals surface area (Å²) >= 11 is 3.49. The topological polar surface area (TPSA) is 68.2 Å². The van der Waals surface area contributed by atoms with E-state index in [-0.39, 0.29) is 11.9 Å². The Balaban J connectivity index is 1.55. The summed E-state index contributed by atoms with van der Waals surface area (Å²) in [5.74, 6) is 1.09. The number of fused-ring (bicyclic) bond motifs is 1. The maximum atomic E-state index is 13.3. The molecule has 4 rings (SSSR count). The van der Waals surface area contributed by atoms with E-state index in [1.54, 1.807) is 17.0 Å². The summed E-state index contributed by atoms with van der Waals surface area (Å²) in [7, 11) is 0. The molecule has 2 atom stereocenters. The molecule has 148 valence electrons. The highest BCUT2D eigenvalue weighted by atomic mass is 79.9. The van der Waals surface area contributed by atoms with Crippen molar-refractivity contribution in [2.24, 2.45) is 0 Å². The summed E-state index contributed by atoms with van der Waals surface area (Å²) in [6.07, 6.45) is -0.246. The lowest BCUT2D eigenvalue weighted by molar-refractivity contribution is -0.0174. The number of rotatable bonds is 4. The number of halogens is 1. The van der Waals surface area contributed by atoms with E-state index in [2.05, 4.69) is 15.9 Å². The molecular weight excluding hydrogens is 426 g/mol. The predicted molar refractivity (Wildman–Crippen MR) is 107 cm³/mol. The van der Waals surface area contributed by atoms with Crippen LogP contribution in [0.1, 0.15) is 28.4 Å². The van der Waals surface area contributed by atoms with Crippen LogP contribution in [0.2, 0.25) is 0 Å². The van der Waals surface area contributed by atoms with E-state index in [4.69, 9.17) is 14.2 Å². The number of morpholine rings is 1. The van der Waals surface area contributed by atoms with Gasteiger partial charge in [-0.05, 0) is 33.6 Å². The van der Waals surface area contributed by atoms with Gasteiger partial charge in [-0.1, -0.05) is 30.3 Å². The number of benzene rings is 2. The van der Waals surface area contributed by atoms with Gasteiger partial charge in [-0.25, -0.2) is 0 Å². The number of hydrogen-bond donors (Lipinski definition) is 1. The third-order valence-corrected chi connectivity index (χ3v) is 5.69. The van der Waals surface area contributed by atoms with E-state index in [0.29, 0.717) is 60.9 Å². The van der Waals surface area contributed by atoms with Crippen molar-refractivity contribution in [2.75, 3.05) is 33.0 Å². The number of nitrogens with zero attached hydrogens (tertiary/aromatic N) is 1. The molecule has 2 aromatic carbocycles. The van der Waals surface area contributed by atoms with Crippen molar-refractivity contribution in [2.45, 2.75) is 18.6 Å². The molecule has 2 unspecified atom stereocenters. The van der Waals surface area contributed by atoms with E-state index < -0.39 is 6.10 Å². The molecule has 0 saturated carbocycles. The van der Waals surface area contributed by atoms with Gasteiger partial charge in [-0.15, -0.1) is 0 Å². The average Bonchev–Trinajstić information content (AvgIpc) is 2.74. The van der Waals surface area contributed by atoms with Crippen LogP contribution in [0.4, 0.5) is 0 Å². The first-order valence-corrected chi connectivity index (χ1v) is 10.1. The zero-order valence-corrected chi connectivity index (χ0v) is 16.9.